The number of nitrogens with zero attached hydrogens (tertiary/aromatic N) is 1. The van der Waals surface area contributed by atoms with E-state index < -0.39 is 5.92 Å². The number of dihydropyridines is 1. The van der Waals surface area contributed by atoms with Gasteiger partial charge in [0, 0.05) is 73.2 Å². The van der Waals surface area contributed by atoms with E-state index in [1.54, 1.807) is 7.11 Å². The van der Waals surface area contributed by atoms with Gasteiger partial charge >= 0.3 is 5.97 Å². The number of methoxy groups -OCH3 is 1. The lowest BCUT2D eigenvalue weighted by Gasteiger charge is -2.38. The molecule has 2 heterocycles. The molecule has 2 unspecified atom stereocenters. The summed E-state index contributed by atoms with van der Waals surface area (Å²) < 4.78 is 17.2. The van der Waals surface area contributed by atoms with E-state index in [-0.39, 0.29) is 23.8 Å². The molecular weight excluding hydrogens is 528 g/mol. The fourth-order valence-corrected chi connectivity index (χ4v) is 6.80. The van der Waals surface area contributed by atoms with Crippen molar-refractivity contribution in [3.8, 4) is 5.75 Å². The number of rotatable bonds is 6. The minimum absolute atomic E-state index is 0.0306. The van der Waals surface area contributed by atoms with Crippen LogP contribution in [0.15, 0.2) is 83.2 Å². The Morgan fingerprint density at radius 1 is 0.929 bits per heavy atom. The van der Waals surface area contributed by atoms with Crippen LogP contribution in [0.2, 0.25) is 0 Å². The first kappa shape index (κ1) is 28.0. The van der Waals surface area contributed by atoms with E-state index in [9.17, 15) is 9.59 Å². The van der Waals surface area contributed by atoms with E-state index in [0.29, 0.717) is 50.0 Å². The van der Waals surface area contributed by atoms with Gasteiger partial charge in [-0.15, -0.1) is 0 Å². The van der Waals surface area contributed by atoms with Crippen LogP contribution in [-0.4, -0.2) is 52.3 Å². The molecule has 6 rings (SSSR count). The van der Waals surface area contributed by atoms with Gasteiger partial charge in [0.25, 0.3) is 0 Å². The standard InChI is InChI=1S/C35H38N2O5/c1-21-32(35(39)42-23-15-17-41-18-16-23)33(27-13-14-29(37(2)3)26-11-6-5-10-25(26)27)34-28(36-21)19-22(20-30(34)38)24-9-7-8-12-31(24)40-4/h5-14,22-23,33,36H,15-20H2,1-4H3. The van der Waals surface area contributed by atoms with Gasteiger partial charge in [-0.2, -0.15) is 0 Å². The van der Waals surface area contributed by atoms with Crippen LogP contribution in [-0.2, 0) is 19.1 Å². The highest BCUT2D eigenvalue weighted by Gasteiger charge is 2.43. The molecule has 0 bridgehead atoms. The van der Waals surface area contributed by atoms with Gasteiger partial charge in [-0.25, -0.2) is 4.79 Å². The normalized spacial score (nSPS) is 21.2. The van der Waals surface area contributed by atoms with Crippen molar-refractivity contribution in [1.29, 1.82) is 0 Å². The summed E-state index contributed by atoms with van der Waals surface area (Å²) in [7, 11) is 5.71. The SMILES string of the molecule is COc1ccccc1C1CC(=O)C2=C(C1)NC(C)=C(C(=O)OC1CCOCC1)C2c1ccc(N(C)C)c2ccccc12. The van der Waals surface area contributed by atoms with Crippen molar-refractivity contribution >= 4 is 28.2 Å². The second-order valence-electron chi connectivity index (χ2n) is 11.6. The van der Waals surface area contributed by atoms with Gasteiger partial charge in [0.1, 0.15) is 11.9 Å². The molecule has 7 heteroatoms. The minimum Gasteiger partial charge on any atom is -0.496 e. The molecule has 0 amide bonds. The summed E-state index contributed by atoms with van der Waals surface area (Å²) in [6.45, 7) is 3.07. The van der Waals surface area contributed by atoms with Gasteiger partial charge in [-0.1, -0.05) is 48.5 Å². The zero-order chi connectivity index (χ0) is 29.4. The van der Waals surface area contributed by atoms with Gasteiger partial charge in [0.15, 0.2) is 5.78 Å². The summed E-state index contributed by atoms with van der Waals surface area (Å²) >= 11 is 0. The van der Waals surface area contributed by atoms with Crippen LogP contribution in [0.1, 0.15) is 55.6 Å². The molecule has 218 valence electrons. The van der Waals surface area contributed by atoms with Gasteiger partial charge in [-0.3, -0.25) is 4.79 Å². The van der Waals surface area contributed by atoms with Crippen molar-refractivity contribution in [2.75, 3.05) is 39.3 Å². The smallest absolute Gasteiger partial charge is 0.337 e. The Labute approximate surface area is 247 Å². The summed E-state index contributed by atoms with van der Waals surface area (Å²) in [5, 5.41) is 5.59. The van der Waals surface area contributed by atoms with E-state index in [1.165, 1.54) is 0 Å². The van der Waals surface area contributed by atoms with Crippen molar-refractivity contribution in [2.45, 2.75) is 50.5 Å². The molecule has 7 nitrogen and oxygen atoms in total. The summed E-state index contributed by atoms with van der Waals surface area (Å²) in [4.78, 5) is 30.3. The van der Waals surface area contributed by atoms with Crippen LogP contribution >= 0.6 is 0 Å². The van der Waals surface area contributed by atoms with Gasteiger partial charge in [0.05, 0.1) is 25.9 Å². The van der Waals surface area contributed by atoms with Crippen LogP contribution in [0.5, 0.6) is 5.75 Å². The maximum atomic E-state index is 14.2. The van der Waals surface area contributed by atoms with E-state index in [4.69, 9.17) is 14.2 Å². The van der Waals surface area contributed by atoms with Crippen molar-refractivity contribution in [1.82, 2.24) is 5.32 Å². The Kier molecular flexibility index (Phi) is 7.78. The van der Waals surface area contributed by atoms with Crippen molar-refractivity contribution in [2.24, 2.45) is 0 Å². The predicted octanol–water partition coefficient (Wildman–Crippen LogP) is 6.00. The first-order valence-corrected chi connectivity index (χ1v) is 14.7. The maximum absolute atomic E-state index is 14.2. The summed E-state index contributed by atoms with van der Waals surface area (Å²) in [5.41, 5.74) is 5.80. The molecular formula is C35H38N2O5. The van der Waals surface area contributed by atoms with Crippen LogP contribution in [0.4, 0.5) is 5.69 Å². The molecule has 0 spiro atoms. The number of carbonyl (C=O) groups is 2. The number of fused-ring (bicyclic) bond motifs is 1. The van der Waals surface area contributed by atoms with Gasteiger partial charge in [0.2, 0.25) is 0 Å². The number of allylic oxidation sites excluding steroid dienone is 3. The van der Waals surface area contributed by atoms with Crippen LogP contribution in [0.3, 0.4) is 0 Å². The molecule has 0 saturated carbocycles. The van der Waals surface area contributed by atoms with Gasteiger partial charge < -0.3 is 24.4 Å². The molecule has 3 aromatic carbocycles. The van der Waals surface area contributed by atoms with Crippen molar-refractivity contribution < 1.29 is 23.8 Å². The van der Waals surface area contributed by atoms with E-state index in [1.807, 2.05) is 57.4 Å². The number of anilines is 1. The third kappa shape index (κ3) is 5.07. The van der Waals surface area contributed by atoms with Crippen molar-refractivity contribution in [3.05, 3.63) is 94.3 Å². The zero-order valence-corrected chi connectivity index (χ0v) is 24.7. The van der Waals surface area contributed by atoms with Crippen molar-refractivity contribution in [3.63, 3.8) is 0 Å². The number of benzene rings is 3. The first-order valence-electron chi connectivity index (χ1n) is 14.7. The molecule has 1 fully saturated rings. The number of hydrogen-bond donors (Lipinski definition) is 1. The Morgan fingerprint density at radius 3 is 2.38 bits per heavy atom. The molecule has 2 aliphatic heterocycles. The Morgan fingerprint density at radius 2 is 1.64 bits per heavy atom. The summed E-state index contributed by atoms with van der Waals surface area (Å²) in [5.74, 6) is -0.124. The lowest BCUT2D eigenvalue weighted by atomic mass is 9.71. The number of esters is 1. The number of ketones is 1. The highest BCUT2D eigenvalue weighted by molar-refractivity contribution is 6.06. The maximum Gasteiger partial charge on any atom is 0.337 e. The van der Waals surface area contributed by atoms with E-state index in [2.05, 4.69) is 34.5 Å². The van der Waals surface area contributed by atoms with Crippen LogP contribution in [0.25, 0.3) is 10.8 Å². The number of ether oxygens (including phenoxy) is 3. The van der Waals surface area contributed by atoms with Crippen LogP contribution in [0, 0.1) is 0 Å². The predicted molar refractivity (Wildman–Crippen MR) is 164 cm³/mol. The topological polar surface area (TPSA) is 77.1 Å². The molecule has 3 aromatic rings. The summed E-state index contributed by atoms with van der Waals surface area (Å²) in [6.07, 6.45) is 2.12. The highest BCUT2D eigenvalue weighted by Crippen LogP contribution is 2.49. The molecule has 1 N–H and O–H groups in total. The number of Topliss-reactive ketones (excluding diaryl/α,β-unsaturated/α-hetero) is 1. The Bertz CT molecular complexity index is 1600. The molecule has 2 atom stereocenters. The minimum atomic E-state index is -0.541. The Balaban J connectivity index is 1.49. The number of hydrogen-bond acceptors (Lipinski definition) is 7. The second-order valence-corrected chi connectivity index (χ2v) is 11.6. The summed E-state index contributed by atoms with van der Waals surface area (Å²) in [6, 6.07) is 20.3. The molecule has 1 aliphatic carbocycles. The quantitative estimate of drug-likeness (QED) is 0.367. The average molecular weight is 567 g/mol. The Hall–Kier alpha value is -4.10. The highest BCUT2D eigenvalue weighted by atomic mass is 16.6. The molecule has 0 radical (unpaired) electrons. The number of carbonyl (C=O) groups excluding carboxylic acids is 2. The third-order valence-electron chi connectivity index (χ3n) is 8.80. The zero-order valence-electron chi connectivity index (χ0n) is 24.7. The lowest BCUT2D eigenvalue weighted by molar-refractivity contribution is -0.148. The monoisotopic (exact) mass is 566 g/mol. The average Bonchev–Trinajstić information content (AvgIpc) is 3.00. The molecule has 42 heavy (non-hydrogen) atoms. The largest absolute Gasteiger partial charge is 0.496 e. The van der Waals surface area contributed by atoms with E-state index >= 15 is 0 Å². The second kappa shape index (κ2) is 11.6. The lowest BCUT2D eigenvalue weighted by Crippen LogP contribution is -2.37. The molecule has 3 aliphatic rings. The number of para-hydroxylation sites is 1. The molecule has 1 saturated heterocycles. The fourth-order valence-electron chi connectivity index (χ4n) is 6.80. The molecule has 0 aromatic heterocycles. The third-order valence-corrected chi connectivity index (χ3v) is 8.80. The fraction of sp³-hybridized carbons (Fsp3) is 0.371. The van der Waals surface area contributed by atoms with Gasteiger partial charge in [-0.05, 0) is 42.0 Å². The number of nitrogens with one attached hydrogen (secondary N) is 1. The van der Waals surface area contributed by atoms with Crippen LogP contribution < -0.4 is 15.0 Å². The first-order chi connectivity index (χ1) is 20.4. The van der Waals surface area contributed by atoms with E-state index in [0.717, 1.165) is 44.7 Å².